The standard InChI is InChI=1S/C49H34N2S/c1-49(2)41-20-11-19-39(47(41)40-27-35-14-6-7-15-36(35)28-42(40)49)44-30-43(50-48(51-44)33-12-4-3-5-13-33)32-24-22-31(23-25-32)34-17-10-18-37(26-34)46-29-38-16-8-9-21-45(38)52-46/h3-30H,1-2H3. The van der Waals surface area contributed by atoms with Gasteiger partial charge in [0.1, 0.15) is 0 Å². The molecule has 0 radical (unpaired) electrons. The van der Waals surface area contributed by atoms with Crippen LogP contribution in [0.1, 0.15) is 25.0 Å². The zero-order chi connectivity index (χ0) is 34.8. The van der Waals surface area contributed by atoms with Crippen LogP contribution in [0.4, 0.5) is 0 Å². The van der Waals surface area contributed by atoms with Gasteiger partial charge in [-0.3, -0.25) is 0 Å². The summed E-state index contributed by atoms with van der Waals surface area (Å²) in [7, 11) is 0. The predicted molar refractivity (Wildman–Crippen MR) is 220 cm³/mol. The smallest absolute Gasteiger partial charge is 0.160 e. The molecule has 0 bridgehead atoms. The van der Waals surface area contributed by atoms with E-state index in [0.29, 0.717) is 0 Å². The number of benzene rings is 7. The van der Waals surface area contributed by atoms with Gasteiger partial charge >= 0.3 is 0 Å². The zero-order valence-electron chi connectivity index (χ0n) is 29.0. The summed E-state index contributed by atoms with van der Waals surface area (Å²) in [6.45, 7) is 4.69. The van der Waals surface area contributed by atoms with E-state index in [4.69, 9.17) is 9.97 Å². The van der Waals surface area contributed by atoms with Crippen molar-refractivity contribution in [3.63, 3.8) is 0 Å². The highest BCUT2D eigenvalue weighted by Crippen LogP contribution is 2.53. The minimum absolute atomic E-state index is 0.132. The van der Waals surface area contributed by atoms with Crippen molar-refractivity contribution < 1.29 is 0 Å². The third kappa shape index (κ3) is 5.08. The van der Waals surface area contributed by atoms with Gasteiger partial charge in [0.2, 0.25) is 0 Å². The molecule has 52 heavy (non-hydrogen) atoms. The van der Waals surface area contributed by atoms with Gasteiger partial charge in [-0.15, -0.1) is 11.3 Å². The Kier molecular flexibility index (Phi) is 7.06. The molecule has 0 saturated carbocycles. The molecule has 2 aromatic heterocycles. The summed E-state index contributed by atoms with van der Waals surface area (Å²) in [4.78, 5) is 11.7. The van der Waals surface area contributed by atoms with E-state index in [9.17, 15) is 0 Å². The van der Waals surface area contributed by atoms with E-state index in [1.54, 1.807) is 0 Å². The van der Waals surface area contributed by atoms with E-state index in [2.05, 4.69) is 178 Å². The second-order valence-corrected chi connectivity index (χ2v) is 15.3. The van der Waals surface area contributed by atoms with E-state index in [1.165, 1.54) is 64.7 Å². The van der Waals surface area contributed by atoms with Crippen molar-refractivity contribution in [1.29, 1.82) is 0 Å². The van der Waals surface area contributed by atoms with Crippen molar-refractivity contribution in [2.45, 2.75) is 19.3 Å². The number of thiophene rings is 1. The van der Waals surface area contributed by atoms with Crippen LogP contribution in [0.3, 0.4) is 0 Å². The van der Waals surface area contributed by atoms with Gasteiger partial charge in [-0.25, -0.2) is 9.97 Å². The lowest BCUT2D eigenvalue weighted by atomic mass is 9.81. The molecule has 0 aliphatic heterocycles. The van der Waals surface area contributed by atoms with Gasteiger partial charge in [0, 0.05) is 31.7 Å². The third-order valence-electron chi connectivity index (χ3n) is 10.7. The third-order valence-corrected chi connectivity index (χ3v) is 11.9. The number of hydrogen-bond donors (Lipinski definition) is 0. The Hall–Kier alpha value is -6.16. The van der Waals surface area contributed by atoms with Gasteiger partial charge in [-0.1, -0.05) is 147 Å². The maximum atomic E-state index is 5.27. The molecule has 0 amide bonds. The van der Waals surface area contributed by atoms with Crippen molar-refractivity contribution in [2.75, 3.05) is 0 Å². The van der Waals surface area contributed by atoms with Gasteiger partial charge in [0.15, 0.2) is 5.82 Å². The SMILES string of the molecule is CC1(C)c2cc3ccccc3cc2-c2c(-c3cc(-c4ccc(-c5cccc(-c6cc7ccccc7s6)c5)cc4)nc(-c4ccccc4)n3)cccc21. The molecule has 0 N–H and O–H groups in total. The molecule has 2 heterocycles. The monoisotopic (exact) mass is 682 g/mol. The summed E-state index contributed by atoms with van der Waals surface area (Å²) >= 11 is 1.84. The van der Waals surface area contributed by atoms with Crippen LogP contribution in [0.2, 0.25) is 0 Å². The first-order valence-electron chi connectivity index (χ1n) is 17.8. The van der Waals surface area contributed by atoms with Crippen LogP contribution in [0, 0.1) is 0 Å². The topological polar surface area (TPSA) is 25.8 Å². The van der Waals surface area contributed by atoms with Crippen LogP contribution in [-0.4, -0.2) is 9.97 Å². The molecule has 1 aliphatic carbocycles. The van der Waals surface area contributed by atoms with E-state index in [-0.39, 0.29) is 5.41 Å². The summed E-state index contributed by atoms with van der Waals surface area (Å²) < 4.78 is 1.31. The second kappa shape index (κ2) is 12.0. The molecular formula is C49H34N2S. The summed E-state index contributed by atoms with van der Waals surface area (Å²) in [5.74, 6) is 0.724. The van der Waals surface area contributed by atoms with Crippen LogP contribution >= 0.6 is 11.3 Å². The largest absolute Gasteiger partial charge is 0.228 e. The normalized spacial score (nSPS) is 13.0. The fourth-order valence-electron chi connectivity index (χ4n) is 7.95. The molecule has 1 aliphatic rings. The molecule has 0 spiro atoms. The lowest BCUT2D eigenvalue weighted by Gasteiger charge is -2.22. The Morgan fingerprint density at radius 1 is 0.423 bits per heavy atom. The molecule has 0 atom stereocenters. The number of fused-ring (bicyclic) bond motifs is 5. The maximum absolute atomic E-state index is 5.27. The molecule has 3 heteroatoms. The minimum atomic E-state index is -0.132. The average Bonchev–Trinajstić information content (AvgIpc) is 3.74. The highest BCUT2D eigenvalue weighted by Gasteiger charge is 2.37. The van der Waals surface area contributed by atoms with Gasteiger partial charge in [0.05, 0.1) is 11.4 Å². The Balaban J connectivity index is 1.08. The number of aromatic nitrogens is 2. The van der Waals surface area contributed by atoms with E-state index < -0.39 is 0 Å². The molecule has 0 fully saturated rings. The molecule has 10 rings (SSSR count). The first-order chi connectivity index (χ1) is 25.5. The highest BCUT2D eigenvalue weighted by atomic mass is 32.1. The zero-order valence-corrected chi connectivity index (χ0v) is 29.8. The van der Waals surface area contributed by atoms with Crippen LogP contribution in [0.5, 0.6) is 0 Å². The molecule has 9 aromatic rings. The summed E-state index contributed by atoms with van der Waals surface area (Å²) in [5, 5.41) is 3.82. The van der Waals surface area contributed by atoms with Crippen molar-refractivity contribution in [2.24, 2.45) is 0 Å². The quantitative estimate of drug-likeness (QED) is 0.181. The molecule has 0 saturated heterocycles. The maximum Gasteiger partial charge on any atom is 0.160 e. The molecular weight excluding hydrogens is 649 g/mol. The number of rotatable bonds is 5. The van der Waals surface area contributed by atoms with Crippen LogP contribution in [0.25, 0.3) is 87.5 Å². The summed E-state index contributed by atoms with van der Waals surface area (Å²) in [5.41, 5.74) is 13.8. The van der Waals surface area contributed by atoms with Crippen LogP contribution in [-0.2, 0) is 5.41 Å². The average molecular weight is 683 g/mol. The molecule has 0 unspecified atom stereocenters. The molecule has 2 nitrogen and oxygen atoms in total. The predicted octanol–water partition coefficient (Wildman–Crippen LogP) is 13.5. The van der Waals surface area contributed by atoms with E-state index >= 15 is 0 Å². The van der Waals surface area contributed by atoms with E-state index in [0.717, 1.165) is 33.9 Å². The first kappa shape index (κ1) is 30.6. The van der Waals surface area contributed by atoms with Crippen molar-refractivity contribution in [1.82, 2.24) is 9.97 Å². The summed E-state index contributed by atoms with van der Waals surface area (Å²) in [6, 6.07) is 61.2. The lowest BCUT2D eigenvalue weighted by Crippen LogP contribution is -2.14. The van der Waals surface area contributed by atoms with Crippen LogP contribution < -0.4 is 0 Å². The van der Waals surface area contributed by atoms with Gasteiger partial charge in [0.25, 0.3) is 0 Å². The molecule has 246 valence electrons. The van der Waals surface area contributed by atoms with Gasteiger partial charge < -0.3 is 0 Å². The van der Waals surface area contributed by atoms with Crippen LogP contribution in [0.15, 0.2) is 170 Å². The van der Waals surface area contributed by atoms with Crippen molar-refractivity contribution >= 4 is 32.2 Å². The lowest BCUT2D eigenvalue weighted by molar-refractivity contribution is 0.661. The molecule has 7 aromatic carbocycles. The van der Waals surface area contributed by atoms with Crippen molar-refractivity contribution in [3.05, 3.63) is 181 Å². The Bertz CT molecular complexity index is 2780. The van der Waals surface area contributed by atoms with Crippen molar-refractivity contribution in [3.8, 4) is 66.6 Å². The number of nitrogens with zero attached hydrogens (tertiary/aromatic N) is 2. The Morgan fingerprint density at radius 3 is 1.88 bits per heavy atom. The van der Waals surface area contributed by atoms with Gasteiger partial charge in [-0.05, 0) is 91.5 Å². The Labute approximate surface area is 307 Å². The second-order valence-electron chi connectivity index (χ2n) is 14.2. The van der Waals surface area contributed by atoms with E-state index in [1.807, 2.05) is 17.4 Å². The Morgan fingerprint density at radius 2 is 1.08 bits per heavy atom. The highest BCUT2D eigenvalue weighted by molar-refractivity contribution is 7.22. The fourth-order valence-corrected chi connectivity index (χ4v) is 9.00. The number of hydrogen-bond acceptors (Lipinski definition) is 3. The first-order valence-corrected chi connectivity index (χ1v) is 18.6. The fraction of sp³-hybridized carbons (Fsp3) is 0.0612. The van der Waals surface area contributed by atoms with Gasteiger partial charge in [-0.2, -0.15) is 0 Å². The summed E-state index contributed by atoms with van der Waals surface area (Å²) in [6.07, 6.45) is 0. The minimum Gasteiger partial charge on any atom is -0.228 e.